The van der Waals surface area contributed by atoms with Crippen LogP contribution >= 0.6 is 11.3 Å². The van der Waals surface area contributed by atoms with Crippen molar-refractivity contribution in [1.29, 1.82) is 0 Å². The maximum Gasteiger partial charge on any atom is 0.263 e. The summed E-state index contributed by atoms with van der Waals surface area (Å²) >= 11 is 1.68. The maximum atomic E-state index is 13.8. The first-order valence-electron chi connectivity index (χ1n) is 12.0. The number of aryl methyl sites for hydroxylation is 5. The van der Waals surface area contributed by atoms with Gasteiger partial charge in [0.15, 0.2) is 0 Å². The molecule has 7 heteroatoms. The number of nitrogens with one attached hydrogen (secondary N) is 1. The second kappa shape index (κ2) is 9.03. The molecule has 0 radical (unpaired) electrons. The molecule has 0 unspecified atom stereocenters. The first-order valence-corrected chi connectivity index (χ1v) is 12.9. The minimum Gasteiger partial charge on any atom is -0.324 e. The molecule has 1 amide bonds. The first-order chi connectivity index (χ1) is 15.9. The van der Waals surface area contributed by atoms with Crippen LogP contribution in [0, 0.1) is 20.8 Å². The Kier molecular flexibility index (Phi) is 6.10. The monoisotopic (exact) mass is 464 g/mol. The molecule has 0 atom stereocenters. The molecule has 1 aromatic carbocycles. The number of hydrogen-bond donors (Lipinski definition) is 1. The summed E-state index contributed by atoms with van der Waals surface area (Å²) < 4.78 is 1.64. The van der Waals surface area contributed by atoms with Crippen LogP contribution < -0.4 is 10.9 Å². The SMILES string of the molecule is Cc1cc(C)c(NC(=O)Cn2c(CN3CCCC3)nc3sc4c(c3c2=O)CCCC4)c(C)c1. The Balaban J connectivity index is 1.53. The van der Waals surface area contributed by atoms with Crippen molar-refractivity contribution in [3.63, 3.8) is 0 Å². The Morgan fingerprint density at radius 2 is 1.76 bits per heavy atom. The van der Waals surface area contributed by atoms with Crippen molar-refractivity contribution in [3.05, 3.63) is 55.4 Å². The zero-order valence-corrected chi connectivity index (χ0v) is 20.6. The van der Waals surface area contributed by atoms with Gasteiger partial charge >= 0.3 is 0 Å². The molecule has 2 aliphatic rings. The van der Waals surface area contributed by atoms with E-state index in [0.717, 1.165) is 59.4 Å². The van der Waals surface area contributed by atoms with Crippen LogP contribution in [0.15, 0.2) is 16.9 Å². The van der Waals surface area contributed by atoms with Crippen LogP contribution in [0.3, 0.4) is 0 Å². The Hall–Kier alpha value is -2.51. The minimum absolute atomic E-state index is 0.0116. The van der Waals surface area contributed by atoms with Crippen molar-refractivity contribution in [1.82, 2.24) is 14.5 Å². The van der Waals surface area contributed by atoms with Gasteiger partial charge in [0.05, 0.1) is 11.9 Å². The molecule has 1 saturated heterocycles. The molecule has 1 aliphatic carbocycles. The van der Waals surface area contributed by atoms with Gasteiger partial charge in [0.2, 0.25) is 5.91 Å². The number of carbonyl (C=O) groups excluding carboxylic acids is 1. The summed E-state index contributed by atoms with van der Waals surface area (Å²) in [7, 11) is 0. The van der Waals surface area contributed by atoms with Crippen molar-refractivity contribution < 1.29 is 4.79 Å². The Bertz CT molecular complexity index is 1260. The smallest absolute Gasteiger partial charge is 0.263 e. The van der Waals surface area contributed by atoms with Crippen molar-refractivity contribution in [2.24, 2.45) is 0 Å². The largest absolute Gasteiger partial charge is 0.324 e. The van der Waals surface area contributed by atoms with Crippen molar-refractivity contribution in [2.75, 3.05) is 18.4 Å². The van der Waals surface area contributed by atoms with E-state index in [-0.39, 0.29) is 18.0 Å². The molecule has 5 rings (SSSR count). The predicted molar refractivity (Wildman–Crippen MR) is 134 cm³/mol. The van der Waals surface area contributed by atoms with Crippen LogP contribution in [-0.4, -0.2) is 33.4 Å². The number of likely N-dealkylation sites (tertiary alicyclic amines) is 1. The molecule has 6 nitrogen and oxygen atoms in total. The Labute approximate surface area is 198 Å². The van der Waals surface area contributed by atoms with Crippen LogP contribution in [0.25, 0.3) is 10.2 Å². The summed E-state index contributed by atoms with van der Waals surface area (Å²) in [4.78, 5) is 36.4. The highest BCUT2D eigenvalue weighted by atomic mass is 32.1. The topological polar surface area (TPSA) is 67.2 Å². The second-order valence-corrected chi connectivity index (χ2v) is 10.7. The van der Waals surface area contributed by atoms with E-state index in [1.807, 2.05) is 13.8 Å². The number of amides is 1. The number of fused-ring (bicyclic) bond motifs is 3. The van der Waals surface area contributed by atoms with Gasteiger partial charge in [-0.05, 0) is 89.1 Å². The number of hydrogen-bond acceptors (Lipinski definition) is 5. The van der Waals surface area contributed by atoms with E-state index in [4.69, 9.17) is 4.98 Å². The van der Waals surface area contributed by atoms with Crippen LogP contribution in [-0.2, 0) is 30.7 Å². The van der Waals surface area contributed by atoms with Gasteiger partial charge in [-0.2, -0.15) is 0 Å². The number of aromatic nitrogens is 2. The van der Waals surface area contributed by atoms with Crippen LogP contribution in [0.5, 0.6) is 0 Å². The summed E-state index contributed by atoms with van der Waals surface area (Å²) in [6.45, 7) is 8.70. The van der Waals surface area contributed by atoms with Crippen molar-refractivity contribution >= 4 is 33.1 Å². The van der Waals surface area contributed by atoms with Crippen molar-refractivity contribution in [3.8, 4) is 0 Å². The lowest BCUT2D eigenvalue weighted by atomic mass is 9.97. The number of carbonyl (C=O) groups is 1. The molecule has 174 valence electrons. The van der Waals surface area contributed by atoms with Crippen molar-refractivity contribution in [2.45, 2.75) is 72.4 Å². The standard InChI is InChI=1S/C26H32N4O2S/c1-16-12-17(2)24(18(3)13-16)28-22(31)15-30-21(14-29-10-6-7-11-29)27-25-23(26(30)32)19-8-4-5-9-20(19)33-25/h12-13H,4-11,14-15H2,1-3H3,(H,28,31). The maximum absolute atomic E-state index is 13.8. The third-order valence-electron chi connectivity index (χ3n) is 6.96. The fraction of sp³-hybridized carbons (Fsp3) is 0.500. The van der Waals surface area contributed by atoms with Crippen LogP contribution in [0.2, 0.25) is 0 Å². The number of anilines is 1. The lowest BCUT2D eigenvalue weighted by Gasteiger charge is -2.19. The molecule has 1 aliphatic heterocycles. The summed E-state index contributed by atoms with van der Waals surface area (Å²) in [6.07, 6.45) is 6.60. The fourth-order valence-electron chi connectivity index (χ4n) is 5.40. The van der Waals surface area contributed by atoms with E-state index in [1.54, 1.807) is 15.9 Å². The zero-order chi connectivity index (χ0) is 23.1. The molecular formula is C26H32N4O2S. The Morgan fingerprint density at radius 1 is 1.06 bits per heavy atom. The highest BCUT2D eigenvalue weighted by molar-refractivity contribution is 7.18. The van der Waals surface area contributed by atoms with E-state index in [0.29, 0.717) is 12.4 Å². The number of rotatable bonds is 5. The minimum atomic E-state index is -0.180. The van der Waals surface area contributed by atoms with Crippen LogP contribution in [0.4, 0.5) is 5.69 Å². The number of benzene rings is 1. The summed E-state index contributed by atoms with van der Waals surface area (Å²) in [5, 5.41) is 3.81. The first kappa shape index (κ1) is 22.3. The lowest BCUT2D eigenvalue weighted by molar-refractivity contribution is -0.116. The zero-order valence-electron chi connectivity index (χ0n) is 19.8. The summed E-state index contributed by atoms with van der Waals surface area (Å²) in [5.41, 5.74) is 5.19. The third-order valence-corrected chi connectivity index (χ3v) is 8.15. The van der Waals surface area contributed by atoms with Gasteiger partial charge in [0.25, 0.3) is 5.56 Å². The van der Waals surface area contributed by atoms with Gasteiger partial charge in [-0.15, -0.1) is 11.3 Å². The molecule has 3 heterocycles. The van der Waals surface area contributed by atoms with Gasteiger partial charge in [0, 0.05) is 10.6 Å². The quantitative estimate of drug-likeness (QED) is 0.604. The van der Waals surface area contributed by atoms with Gasteiger partial charge < -0.3 is 5.32 Å². The average molecular weight is 465 g/mol. The summed E-state index contributed by atoms with van der Waals surface area (Å²) in [5.74, 6) is 0.528. The lowest BCUT2D eigenvalue weighted by Crippen LogP contribution is -2.34. The fourth-order valence-corrected chi connectivity index (χ4v) is 6.68. The molecule has 1 N–H and O–H groups in total. The van der Waals surface area contributed by atoms with E-state index >= 15 is 0 Å². The van der Waals surface area contributed by atoms with Crippen LogP contribution in [0.1, 0.15) is 58.6 Å². The summed E-state index contributed by atoms with van der Waals surface area (Å²) in [6, 6.07) is 4.14. The molecule has 33 heavy (non-hydrogen) atoms. The predicted octanol–water partition coefficient (Wildman–Crippen LogP) is 4.50. The van der Waals surface area contributed by atoms with Gasteiger partial charge in [-0.1, -0.05) is 17.7 Å². The average Bonchev–Trinajstić information content (AvgIpc) is 3.40. The highest BCUT2D eigenvalue weighted by Crippen LogP contribution is 2.34. The number of nitrogens with zero attached hydrogens (tertiary/aromatic N) is 3. The van der Waals surface area contributed by atoms with Gasteiger partial charge in [0.1, 0.15) is 17.2 Å². The molecular weight excluding hydrogens is 432 g/mol. The Morgan fingerprint density at radius 3 is 2.48 bits per heavy atom. The van der Waals surface area contributed by atoms with E-state index in [1.165, 1.54) is 35.3 Å². The van der Waals surface area contributed by atoms with E-state index in [2.05, 4.69) is 29.3 Å². The van der Waals surface area contributed by atoms with Gasteiger partial charge in [-0.3, -0.25) is 19.1 Å². The number of thiophene rings is 1. The van der Waals surface area contributed by atoms with E-state index < -0.39 is 0 Å². The molecule has 1 fully saturated rings. The molecule has 0 bridgehead atoms. The highest BCUT2D eigenvalue weighted by Gasteiger charge is 2.24. The van der Waals surface area contributed by atoms with Gasteiger partial charge in [-0.25, -0.2) is 4.98 Å². The van der Waals surface area contributed by atoms with E-state index in [9.17, 15) is 9.59 Å². The molecule has 3 aromatic rings. The second-order valence-electron chi connectivity index (χ2n) is 9.62. The normalized spacial score (nSPS) is 16.3. The third kappa shape index (κ3) is 4.36. The molecule has 0 saturated carbocycles. The molecule has 0 spiro atoms. The molecule has 2 aromatic heterocycles.